The molecule has 2 N–H and O–H groups in total. The third-order valence-corrected chi connectivity index (χ3v) is 7.26. The minimum absolute atomic E-state index is 0. The Morgan fingerprint density at radius 1 is 1.22 bits per heavy atom. The summed E-state index contributed by atoms with van der Waals surface area (Å²) >= 11 is 3.79. The molecule has 2 heterocycles. The van der Waals surface area contributed by atoms with Gasteiger partial charge in [-0.15, -0.1) is 34.2 Å². The zero-order valence-corrected chi connectivity index (χ0v) is 20.4. The Morgan fingerprint density at radius 3 is 2.70 bits per heavy atom. The van der Waals surface area contributed by atoms with E-state index < -0.39 is 0 Å². The highest BCUT2D eigenvalue weighted by Crippen LogP contribution is 2.33. The second-order valence-electron chi connectivity index (χ2n) is 7.03. The molecule has 0 aromatic carbocycles. The number of halogens is 1. The molecule has 1 saturated carbocycles. The molecule has 2 aliphatic rings. The Bertz CT molecular complexity index is 582. The summed E-state index contributed by atoms with van der Waals surface area (Å²) < 4.78 is 2.40. The van der Waals surface area contributed by atoms with Crippen LogP contribution in [0.25, 0.3) is 0 Å². The Hall–Kier alpha value is -0.160. The van der Waals surface area contributed by atoms with Crippen LogP contribution in [0.2, 0.25) is 0 Å². The molecule has 1 atom stereocenters. The summed E-state index contributed by atoms with van der Waals surface area (Å²) in [4.78, 5) is 4.34. The largest absolute Gasteiger partial charge is 0.356 e. The maximum Gasteiger partial charge on any atom is 0.191 e. The number of nitrogens with zero attached hydrogens (tertiary/aromatic N) is 4. The van der Waals surface area contributed by atoms with Crippen LogP contribution in [-0.2, 0) is 6.42 Å². The molecule has 1 aromatic rings. The number of hydrogen-bond acceptors (Lipinski definition) is 5. The fourth-order valence-corrected chi connectivity index (χ4v) is 5.61. The van der Waals surface area contributed by atoms with Crippen LogP contribution >= 0.6 is 47.5 Å². The van der Waals surface area contributed by atoms with Gasteiger partial charge in [0.25, 0.3) is 0 Å². The molecule has 27 heavy (non-hydrogen) atoms. The summed E-state index contributed by atoms with van der Waals surface area (Å²) in [5.41, 5.74) is 0. The Kier molecular flexibility index (Phi) is 10.6. The van der Waals surface area contributed by atoms with Crippen molar-refractivity contribution in [2.75, 3.05) is 32.1 Å². The normalized spacial score (nSPS) is 20.7. The third kappa shape index (κ3) is 6.69. The number of rotatable bonds is 8. The van der Waals surface area contributed by atoms with Crippen molar-refractivity contribution >= 4 is 53.5 Å². The van der Waals surface area contributed by atoms with E-state index in [1.54, 1.807) is 11.8 Å². The first-order valence-corrected chi connectivity index (χ1v) is 12.1. The molecule has 0 bridgehead atoms. The average molecular weight is 525 g/mol. The zero-order chi connectivity index (χ0) is 18.2. The number of guanidine groups is 1. The molecule has 0 amide bonds. The van der Waals surface area contributed by atoms with Gasteiger partial charge < -0.3 is 15.2 Å². The predicted octanol–water partition coefficient (Wildman–Crippen LogP) is 3.73. The highest BCUT2D eigenvalue weighted by Gasteiger charge is 2.23. The number of nitrogens with one attached hydrogen (secondary N) is 2. The van der Waals surface area contributed by atoms with E-state index in [0.29, 0.717) is 6.04 Å². The first-order valence-electron chi connectivity index (χ1n) is 9.85. The van der Waals surface area contributed by atoms with Gasteiger partial charge >= 0.3 is 0 Å². The molecule has 3 rings (SSSR count). The van der Waals surface area contributed by atoms with Crippen LogP contribution in [0.5, 0.6) is 0 Å². The molecule has 1 saturated heterocycles. The lowest BCUT2D eigenvalue weighted by atomic mass is 10.2. The van der Waals surface area contributed by atoms with E-state index in [9.17, 15) is 0 Å². The zero-order valence-electron chi connectivity index (χ0n) is 16.4. The van der Waals surface area contributed by atoms with E-state index in [2.05, 4.69) is 48.4 Å². The maximum atomic E-state index is 4.47. The first kappa shape index (κ1) is 23.1. The van der Waals surface area contributed by atoms with Crippen LogP contribution in [0.1, 0.15) is 56.8 Å². The lowest BCUT2D eigenvalue weighted by Gasteiger charge is -2.17. The van der Waals surface area contributed by atoms with Crippen LogP contribution in [0.15, 0.2) is 10.1 Å². The van der Waals surface area contributed by atoms with Gasteiger partial charge in [-0.05, 0) is 44.1 Å². The summed E-state index contributed by atoms with van der Waals surface area (Å²) in [6.07, 6.45) is 12.0. The molecule has 0 spiro atoms. The van der Waals surface area contributed by atoms with Gasteiger partial charge in [-0.2, -0.15) is 11.8 Å². The summed E-state index contributed by atoms with van der Waals surface area (Å²) in [6, 6.07) is 0.605. The van der Waals surface area contributed by atoms with Crippen molar-refractivity contribution in [2.24, 2.45) is 4.99 Å². The van der Waals surface area contributed by atoms with Gasteiger partial charge in [-0.1, -0.05) is 24.6 Å². The Balaban J connectivity index is 0.00000261. The van der Waals surface area contributed by atoms with E-state index in [1.165, 1.54) is 44.3 Å². The second-order valence-corrected chi connectivity index (χ2v) is 9.21. The molecule has 1 aromatic heterocycles. The van der Waals surface area contributed by atoms with E-state index in [4.69, 9.17) is 0 Å². The quantitative estimate of drug-likeness (QED) is 0.178. The van der Waals surface area contributed by atoms with Crippen molar-refractivity contribution < 1.29 is 0 Å². The predicted molar refractivity (Wildman–Crippen MR) is 128 cm³/mol. The van der Waals surface area contributed by atoms with Crippen molar-refractivity contribution in [1.29, 1.82) is 0 Å². The molecule has 1 unspecified atom stereocenters. The average Bonchev–Trinajstić information content (AvgIpc) is 3.41. The van der Waals surface area contributed by atoms with E-state index in [-0.39, 0.29) is 24.0 Å². The van der Waals surface area contributed by atoms with Gasteiger partial charge in [0.1, 0.15) is 5.82 Å². The summed E-state index contributed by atoms with van der Waals surface area (Å²) in [6.45, 7) is 1.92. The lowest BCUT2D eigenvalue weighted by molar-refractivity contribution is 0.460. The lowest BCUT2D eigenvalue weighted by Crippen LogP contribution is -2.40. The number of hydrogen-bond donors (Lipinski definition) is 2. The smallest absolute Gasteiger partial charge is 0.191 e. The van der Waals surface area contributed by atoms with E-state index in [0.717, 1.165) is 48.1 Å². The Morgan fingerprint density at radius 2 is 2.04 bits per heavy atom. The second kappa shape index (κ2) is 12.4. The van der Waals surface area contributed by atoms with Gasteiger partial charge in [0, 0.05) is 37.8 Å². The monoisotopic (exact) mass is 524 g/mol. The van der Waals surface area contributed by atoms with Crippen molar-refractivity contribution in [3.8, 4) is 0 Å². The van der Waals surface area contributed by atoms with Gasteiger partial charge in [-0.25, -0.2) is 0 Å². The maximum absolute atomic E-state index is 4.47. The molecule has 0 radical (unpaired) electrons. The van der Waals surface area contributed by atoms with Crippen molar-refractivity contribution in [3.05, 3.63) is 5.82 Å². The van der Waals surface area contributed by atoms with Crippen molar-refractivity contribution in [1.82, 2.24) is 25.4 Å². The third-order valence-electron chi connectivity index (χ3n) is 5.22. The molecular weight excluding hydrogens is 491 g/mol. The SMILES string of the molecule is CN=C(NCCCc1nnc(SC)n1C1CCCC1)NCC1CCCS1.I. The summed E-state index contributed by atoms with van der Waals surface area (Å²) in [7, 11) is 1.85. The molecule has 6 nitrogen and oxygen atoms in total. The topological polar surface area (TPSA) is 67.1 Å². The fraction of sp³-hybridized carbons (Fsp3) is 0.833. The van der Waals surface area contributed by atoms with Crippen LogP contribution < -0.4 is 10.6 Å². The minimum Gasteiger partial charge on any atom is -0.356 e. The number of aromatic nitrogens is 3. The highest BCUT2D eigenvalue weighted by molar-refractivity contribution is 14.0. The first-order chi connectivity index (χ1) is 12.8. The highest BCUT2D eigenvalue weighted by atomic mass is 127. The van der Waals surface area contributed by atoms with Crippen molar-refractivity contribution in [2.45, 2.75) is 67.8 Å². The minimum atomic E-state index is 0. The molecule has 9 heteroatoms. The van der Waals surface area contributed by atoms with E-state index >= 15 is 0 Å². The standard InChI is InChI=1S/C18H32N6S2.HI/c1-19-17(21-13-15-9-6-12-26-15)20-11-5-10-16-22-23-18(25-2)24(16)14-7-3-4-8-14;/h14-15H,3-13H2,1-2H3,(H2,19,20,21);1H. The van der Waals surface area contributed by atoms with Crippen molar-refractivity contribution in [3.63, 3.8) is 0 Å². The number of aliphatic imine (C=N–C) groups is 1. The molecule has 154 valence electrons. The summed E-state index contributed by atoms with van der Waals surface area (Å²) in [5, 5.41) is 17.6. The van der Waals surface area contributed by atoms with E-state index in [1.807, 2.05) is 7.05 Å². The number of thioether (sulfide) groups is 2. The fourth-order valence-electron chi connectivity index (χ4n) is 3.84. The van der Waals surface area contributed by atoms with Crippen LogP contribution in [-0.4, -0.2) is 58.1 Å². The van der Waals surface area contributed by atoms with Crippen LogP contribution in [0, 0.1) is 0 Å². The Labute approximate surface area is 188 Å². The van der Waals surface area contributed by atoms with Gasteiger partial charge in [0.15, 0.2) is 11.1 Å². The van der Waals surface area contributed by atoms with Gasteiger partial charge in [-0.3, -0.25) is 4.99 Å². The molecule has 1 aliphatic heterocycles. The summed E-state index contributed by atoms with van der Waals surface area (Å²) in [5.74, 6) is 3.37. The van der Waals surface area contributed by atoms with Gasteiger partial charge in [0.2, 0.25) is 0 Å². The molecule has 1 aliphatic carbocycles. The van der Waals surface area contributed by atoms with Gasteiger partial charge in [0.05, 0.1) is 0 Å². The van der Waals surface area contributed by atoms with Crippen LogP contribution in [0.3, 0.4) is 0 Å². The molecule has 2 fully saturated rings. The molecular formula is C18H33IN6S2. The number of aryl methyl sites for hydroxylation is 1. The van der Waals surface area contributed by atoms with Crippen LogP contribution in [0.4, 0.5) is 0 Å².